The van der Waals surface area contributed by atoms with Gasteiger partial charge in [-0.2, -0.15) is 0 Å². The number of oxime groups is 1. The van der Waals surface area contributed by atoms with Crippen molar-refractivity contribution in [3.63, 3.8) is 0 Å². The number of carbonyl (C=O) groups is 1. The van der Waals surface area contributed by atoms with Crippen molar-refractivity contribution in [3.05, 3.63) is 125 Å². The zero-order valence-electron chi connectivity index (χ0n) is 37.6. The molecule has 2 aliphatic heterocycles. The number of aryl methyl sites for hydroxylation is 2. The Bertz CT molecular complexity index is 2310. The van der Waals surface area contributed by atoms with Crippen molar-refractivity contribution in [3.8, 4) is 17.2 Å². The Hall–Kier alpha value is -5.20. The summed E-state index contributed by atoms with van der Waals surface area (Å²) in [6.07, 6.45) is 10.6. The molecule has 1 saturated heterocycles. The van der Waals surface area contributed by atoms with Crippen molar-refractivity contribution in [1.29, 1.82) is 0 Å². The number of aliphatic hydroxyl groups excluding tert-OH is 2. The van der Waals surface area contributed by atoms with Gasteiger partial charge in [0.2, 0.25) is 12.1 Å². The van der Waals surface area contributed by atoms with E-state index in [0.29, 0.717) is 36.7 Å². The Morgan fingerprint density at radius 3 is 2.48 bits per heavy atom. The number of hydrogen-bond acceptors (Lipinski definition) is 10. The Balaban J connectivity index is 1.34. The molecule has 7 atom stereocenters. The third-order valence-corrected chi connectivity index (χ3v) is 13.8. The minimum absolute atomic E-state index is 0.0532. The summed E-state index contributed by atoms with van der Waals surface area (Å²) in [5.74, 6) is 0.0462. The number of unbranched alkanes of at least 4 members (excludes halogenated alkanes) is 2. The molecule has 2 fully saturated rings. The highest BCUT2D eigenvalue weighted by molar-refractivity contribution is 6.03. The molecular formula is C53H64N2O9. The van der Waals surface area contributed by atoms with Crippen molar-refractivity contribution < 1.29 is 43.5 Å². The van der Waals surface area contributed by atoms with Gasteiger partial charge >= 0.3 is 6.09 Å². The van der Waals surface area contributed by atoms with Gasteiger partial charge in [0.15, 0.2) is 0 Å². The van der Waals surface area contributed by atoms with E-state index in [1.54, 1.807) is 11.0 Å². The standard InChI is InChI=1S/C53H64N2O9/c1-5-28-61-53-48(55(52(58)59-4)34-39-18-14-17-37-15-6-7-19-42(37)39)33-46(54-64-49-21-10-13-29-60-49)44-31-38(16-8-11-26-56)43(20-9-12-27-57)50(51(44)53)45-32-41(24-25-47(45)63-53)62-40-23-22-35(2)36(3)30-40/h5-7,14-15,17-19,22-25,30-32,38,43,48-51,56-57H,1,8-13,16,20-21,26-29,33-34H2,2-4H3/t38-,43+,48-,49?,50+,51+,53+/m0/s1. The van der Waals surface area contributed by atoms with Crippen LogP contribution in [0.15, 0.2) is 108 Å². The number of methoxy groups -OCH3 is 1. The molecule has 0 spiro atoms. The van der Waals surface area contributed by atoms with E-state index in [0.717, 1.165) is 83.7 Å². The lowest BCUT2D eigenvalue weighted by Gasteiger charge is -2.59. The van der Waals surface area contributed by atoms with Gasteiger partial charge in [-0.1, -0.05) is 78.7 Å². The number of fused-ring (bicyclic) bond motifs is 3. The average molecular weight is 873 g/mol. The monoisotopic (exact) mass is 872 g/mol. The van der Waals surface area contributed by atoms with Crippen molar-refractivity contribution in [2.24, 2.45) is 22.9 Å². The Labute approximate surface area is 377 Å². The molecule has 1 saturated carbocycles. The fraction of sp³-hybridized carbons (Fsp3) is 0.472. The first-order chi connectivity index (χ1) is 31.3. The summed E-state index contributed by atoms with van der Waals surface area (Å²) < 4.78 is 32.9. The zero-order chi connectivity index (χ0) is 44.6. The fourth-order valence-electron chi connectivity index (χ4n) is 10.6. The van der Waals surface area contributed by atoms with Gasteiger partial charge in [-0.05, 0) is 128 Å². The lowest BCUT2D eigenvalue weighted by Crippen LogP contribution is -2.70. The Morgan fingerprint density at radius 1 is 0.938 bits per heavy atom. The number of nitrogens with zero attached hydrogens (tertiary/aromatic N) is 2. The van der Waals surface area contributed by atoms with Crippen molar-refractivity contribution in [1.82, 2.24) is 4.90 Å². The van der Waals surface area contributed by atoms with Gasteiger partial charge < -0.3 is 38.7 Å². The van der Waals surface area contributed by atoms with Crippen LogP contribution in [-0.2, 0) is 25.6 Å². The lowest BCUT2D eigenvalue weighted by atomic mass is 9.55. The molecule has 0 aromatic heterocycles. The van der Waals surface area contributed by atoms with E-state index in [1.807, 2.05) is 42.5 Å². The number of amides is 1. The number of ether oxygens (including phenoxy) is 5. The maximum absolute atomic E-state index is 14.6. The van der Waals surface area contributed by atoms with Gasteiger partial charge in [0, 0.05) is 37.5 Å². The first-order valence-electron chi connectivity index (χ1n) is 23.2. The summed E-state index contributed by atoms with van der Waals surface area (Å²) in [5.41, 5.74) is 5.91. The number of aliphatic hydroxyl groups is 2. The van der Waals surface area contributed by atoms with E-state index in [9.17, 15) is 15.0 Å². The van der Waals surface area contributed by atoms with E-state index in [1.165, 1.54) is 12.7 Å². The van der Waals surface area contributed by atoms with Crippen LogP contribution in [-0.4, -0.2) is 78.6 Å². The minimum atomic E-state index is -1.45. The summed E-state index contributed by atoms with van der Waals surface area (Å²) in [6, 6.07) is 25.7. The topological polar surface area (TPSA) is 129 Å². The molecule has 4 aromatic rings. The number of hydrogen-bond donors (Lipinski definition) is 2. The summed E-state index contributed by atoms with van der Waals surface area (Å²) >= 11 is 0. The average Bonchev–Trinajstić information content (AvgIpc) is 3.32. The van der Waals surface area contributed by atoms with E-state index >= 15 is 0 Å². The number of benzene rings is 4. The minimum Gasteiger partial charge on any atom is -0.459 e. The molecule has 340 valence electrons. The quantitative estimate of drug-likeness (QED) is 0.0570. The predicted molar refractivity (Wildman–Crippen MR) is 248 cm³/mol. The smallest absolute Gasteiger partial charge is 0.410 e. The van der Waals surface area contributed by atoms with Crippen LogP contribution >= 0.6 is 0 Å². The second-order valence-electron chi connectivity index (χ2n) is 17.8. The molecule has 1 amide bonds. The number of rotatable bonds is 18. The van der Waals surface area contributed by atoms with Crippen LogP contribution in [0, 0.1) is 31.6 Å². The highest BCUT2D eigenvalue weighted by atomic mass is 16.8. The molecule has 2 heterocycles. The summed E-state index contributed by atoms with van der Waals surface area (Å²) in [5, 5.41) is 27.1. The molecule has 1 unspecified atom stereocenters. The molecule has 2 N–H and O–H groups in total. The normalized spacial score (nSPS) is 25.4. The third kappa shape index (κ3) is 9.45. The molecular weight excluding hydrogens is 809 g/mol. The van der Waals surface area contributed by atoms with E-state index in [-0.39, 0.29) is 50.5 Å². The van der Waals surface area contributed by atoms with Crippen molar-refractivity contribution >= 4 is 22.6 Å². The van der Waals surface area contributed by atoms with Crippen molar-refractivity contribution in [2.75, 3.05) is 33.5 Å². The van der Waals surface area contributed by atoms with Gasteiger partial charge in [-0.15, -0.1) is 6.58 Å². The molecule has 4 aliphatic rings. The van der Waals surface area contributed by atoms with E-state index in [4.69, 9.17) is 33.7 Å². The second kappa shape index (κ2) is 20.7. The van der Waals surface area contributed by atoms with Crippen LogP contribution in [0.2, 0.25) is 0 Å². The summed E-state index contributed by atoms with van der Waals surface area (Å²) in [7, 11) is 1.41. The van der Waals surface area contributed by atoms with Gasteiger partial charge in [0.05, 0.1) is 38.5 Å². The molecule has 0 radical (unpaired) electrons. The third-order valence-electron chi connectivity index (χ3n) is 13.8. The second-order valence-corrected chi connectivity index (χ2v) is 17.8. The largest absolute Gasteiger partial charge is 0.459 e. The molecule has 8 rings (SSSR count). The molecule has 2 aliphatic carbocycles. The van der Waals surface area contributed by atoms with Gasteiger partial charge in [-0.3, -0.25) is 4.90 Å². The van der Waals surface area contributed by atoms with Gasteiger partial charge in [0.1, 0.15) is 23.3 Å². The van der Waals surface area contributed by atoms with E-state index < -0.39 is 30.1 Å². The van der Waals surface area contributed by atoms with Gasteiger partial charge in [0.25, 0.3) is 0 Å². The SMILES string of the molecule is C=CCO[C@@]12Oc3ccc(Oc4ccc(C)c(C)c4)cc3[C@H]3[C@H](CCCCO)[C@@H](CCCCO)C=C(C(=NOC4CCCCO4)C[C@@H]1N(Cc1cccc4ccccc14)C(=O)OC)[C@H]32. The van der Waals surface area contributed by atoms with Crippen LogP contribution in [0.5, 0.6) is 17.2 Å². The maximum Gasteiger partial charge on any atom is 0.410 e. The zero-order valence-corrected chi connectivity index (χ0v) is 37.6. The van der Waals surface area contributed by atoms with Crippen LogP contribution in [0.3, 0.4) is 0 Å². The molecule has 64 heavy (non-hydrogen) atoms. The highest BCUT2D eigenvalue weighted by Crippen LogP contribution is 2.62. The highest BCUT2D eigenvalue weighted by Gasteiger charge is 2.65. The Morgan fingerprint density at radius 2 is 1.72 bits per heavy atom. The predicted octanol–water partition coefficient (Wildman–Crippen LogP) is 10.7. The molecule has 4 aromatic carbocycles. The first kappa shape index (κ1) is 45.4. The fourth-order valence-corrected chi connectivity index (χ4v) is 10.6. The van der Waals surface area contributed by atoms with Crippen molar-refractivity contribution in [2.45, 2.75) is 109 Å². The summed E-state index contributed by atoms with van der Waals surface area (Å²) in [6.45, 7) is 9.41. The summed E-state index contributed by atoms with van der Waals surface area (Å²) in [4.78, 5) is 22.6. The molecule has 11 heteroatoms. The first-order valence-corrected chi connectivity index (χ1v) is 23.2. The Kier molecular flexibility index (Phi) is 14.7. The molecule has 11 nitrogen and oxygen atoms in total. The maximum atomic E-state index is 14.6. The van der Waals surface area contributed by atoms with Crippen LogP contribution < -0.4 is 9.47 Å². The molecule has 0 bridgehead atoms. The van der Waals surface area contributed by atoms with Crippen LogP contribution in [0.25, 0.3) is 10.8 Å². The number of allylic oxidation sites excluding steroid dienone is 1. The lowest BCUT2D eigenvalue weighted by molar-refractivity contribution is -0.256. The number of carbonyl (C=O) groups excluding carboxylic acids is 1. The van der Waals surface area contributed by atoms with Crippen LogP contribution in [0.4, 0.5) is 4.79 Å². The van der Waals surface area contributed by atoms with E-state index in [2.05, 4.69) is 62.9 Å². The van der Waals surface area contributed by atoms with Gasteiger partial charge in [-0.25, -0.2) is 4.79 Å². The van der Waals surface area contributed by atoms with Crippen LogP contribution in [0.1, 0.15) is 92.4 Å².